The van der Waals surface area contributed by atoms with Gasteiger partial charge in [-0.3, -0.25) is 4.79 Å². The van der Waals surface area contributed by atoms with E-state index in [-0.39, 0.29) is 5.91 Å². The summed E-state index contributed by atoms with van der Waals surface area (Å²) < 4.78 is 0. The number of carbonyl (C=O) groups is 1. The van der Waals surface area contributed by atoms with Crippen LogP contribution in [0.1, 0.15) is 23.2 Å². The highest BCUT2D eigenvalue weighted by molar-refractivity contribution is 5.98. The number of amides is 1. The van der Waals surface area contributed by atoms with Gasteiger partial charge in [0.25, 0.3) is 5.91 Å². The van der Waals surface area contributed by atoms with Crippen molar-refractivity contribution in [2.45, 2.75) is 12.8 Å². The van der Waals surface area contributed by atoms with Crippen LogP contribution in [-0.2, 0) is 0 Å². The topological polar surface area (TPSA) is 48.1 Å². The number of nitrogens with one attached hydrogen (secondary N) is 2. The van der Waals surface area contributed by atoms with E-state index in [1.807, 2.05) is 30.5 Å². The molecule has 0 atom stereocenters. The zero-order valence-corrected chi connectivity index (χ0v) is 11.6. The number of aromatic amines is 1. The lowest BCUT2D eigenvalue weighted by atomic mass is 10.1. The van der Waals surface area contributed by atoms with Crippen LogP contribution in [0.2, 0.25) is 0 Å². The summed E-state index contributed by atoms with van der Waals surface area (Å²) in [5.74, 6) is 0.00736. The van der Waals surface area contributed by atoms with Crippen molar-refractivity contribution in [1.82, 2.24) is 15.2 Å². The molecule has 0 radical (unpaired) electrons. The van der Waals surface area contributed by atoms with Gasteiger partial charge in [-0.2, -0.15) is 0 Å². The fourth-order valence-corrected chi connectivity index (χ4v) is 2.05. The molecule has 102 valence electrons. The van der Waals surface area contributed by atoms with Crippen molar-refractivity contribution >= 4 is 16.8 Å². The molecule has 19 heavy (non-hydrogen) atoms. The van der Waals surface area contributed by atoms with E-state index < -0.39 is 0 Å². The van der Waals surface area contributed by atoms with Crippen LogP contribution in [0.3, 0.4) is 0 Å². The first-order chi connectivity index (χ1) is 9.16. The molecule has 2 aromatic rings. The molecular weight excluding hydrogens is 238 g/mol. The van der Waals surface area contributed by atoms with Crippen LogP contribution >= 0.6 is 0 Å². The van der Waals surface area contributed by atoms with E-state index in [0.29, 0.717) is 0 Å². The smallest absolute Gasteiger partial charge is 0.251 e. The predicted octanol–water partition coefficient (Wildman–Crippen LogP) is 2.24. The van der Waals surface area contributed by atoms with Crippen LogP contribution < -0.4 is 5.32 Å². The van der Waals surface area contributed by atoms with Crippen molar-refractivity contribution in [3.63, 3.8) is 0 Å². The number of hydrogen-bond acceptors (Lipinski definition) is 2. The van der Waals surface area contributed by atoms with Crippen molar-refractivity contribution in [2.24, 2.45) is 0 Å². The van der Waals surface area contributed by atoms with E-state index in [1.54, 1.807) is 0 Å². The summed E-state index contributed by atoms with van der Waals surface area (Å²) in [5, 5.41) is 4.03. The summed E-state index contributed by atoms with van der Waals surface area (Å²) in [7, 11) is 4.12. The maximum Gasteiger partial charge on any atom is 0.251 e. The van der Waals surface area contributed by atoms with Crippen molar-refractivity contribution in [3.05, 3.63) is 36.0 Å². The summed E-state index contributed by atoms with van der Waals surface area (Å²) in [6.45, 7) is 1.79. The molecule has 4 heteroatoms. The van der Waals surface area contributed by atoms with Crippen molar-refractivity contribution in [2.75, 3.05) is 27.2 Å². The number of fused-ring (bicyclic) bond motifs is 1. The molecule has 2 N–H and O–H groups in total. The number of unbranched alkanes of at least 4 members (excludes halogenated alkanes) is 1. The van der Waals surface area contributed by atoms with E-state index >= 15 is 0 Å². The van der Waals surface area contributed by atoms with E-state index in [2.05, 4.69) is 29.3 Å². The van der Waals surface area contributed by atoms with E-state index in [0.717, 1.165) is 42.4 Å². The molecule has 0 spiro atoms. The molecule has 1 heterocycles. The van der Waals surface area contributed by atoms with Gasteiger partial charge in [-0.05, 0) is 57.7 Å². The second-order valence-electron chi connectivity index (χ2n) is 5.05. The molecule has 0 aliphatic rings. The molecule has 4 nitrogen and oxygen atoms in total. The first kappa shape index (κ1) is 13.6. The van der Waals surface area contributed by atoms with Gasteiger partial charge >= 0.3 is 0 Å². The van der Waals surface area contributed by atoms with Crippen LogP contribution in [0.4, 0.5) is 0 Å². The van der Waals surface area contributed by atoms with Crippen LogP contribution in [0.5, 0.6) is 0 Å². The molecule has 0 aliphatic heterocycles. The second-order valence-corrected chi connectivity index (χ2v) is 5.05. The second kappa shape index (κ2) is 6.38. The van der Waals surface area contributed by atoms with E-state index in [9.17, 15) is 4.79 Å². The van der Waals surface area contributed by atoms with Crippen molar-refractivity contribution in [1.29, 1.82) is 0 Å². The first-order valence-corrected chi connectivity index (χ1v) is 6.67. The Morgan fingerprint density at radius 1 is 1.26 bits per heavy atom. The monoisotopic (exact) mass is 259 g/mol. The Bertz CT molecular complexity index is 545. The summed E-state index contributed by atoms with van der Waals surface area (Å²) in [5.41, 5.74) is 1.78. The molecule has 0 saturated heterocycles. The first-order valence-electron chi connectivity index (χ1n) is 6.67. The fourth-order valence-electron chi connectivity index (χ4n) is 2.05. The van der Waals surface area contributed by atoms with Crippen molar-refractivity contribution < 1.29 is 4.79 Å². The summed E-state index contributed by atoms with van der Waals surface area (Å²) >= 11 is 0. The van der Waals surface area contributed by atoms with Crippen LogP contribution in [0, 0.1) is 0 Å². The van der Waals surface area contributed by atoms with Gasteiger partial charge in [-0.25, -0.2) is 0 Å². The lowest BCUT2D eigenvalue weighted by Crippen LogP contribution is -2.25. The molecular formula is C15H21N3O. The van der Waals surface area contributed by atoms with Gasteiger partial charge in [0.2, 0.25) is 0 Å². The lowest BCUT2D eigenvalue weighted by Gasteiger charge is -2.09. The molecule has 1 aromatic carbocycles. The quantitative estimate of drug-likeness (QED) is 0.782. The Kier molecular flexibility index (Phi) is 4.58. The molecule has 1 amide bonds. The number of rotatable bonds is 6. The Balaban J connectivity index is 1.82. The fraction of sp³-hybridized carbons (Fsp3) is 0.400. The third-order valence-corrected chi connectivity index (χ3v) is 3.13. The number of H-pyrrole nitrogens is 1. The number of carbonyl (C=O) groups excluding carboxylic acids is 1. The zero-order chi connectivity index (χ0) is 13.7. The van der Waals surface area contributed by atoms with Crippen LogP contribution in [0.25, 0.3) is 10.9 Å². The highest BCUT2D eigenvalue weighted by Gasteiger charge is 2.05. The van der Waals surface area contributed by atoms with Gasteiger partial charge in [0.15, 0.2) is 0 Å². The summed E-state index contributed by atoms with van der Waals surface area (Å²) in [6, 6.07) is 7.69. The summed E-state index contributed by atoms with van der Waals surface area (Å²) in [6.07, 6.45) is 3.99. The van der Waals surface area contributed by atoms with Crippen molar-refractivity contribution in [3.8, 4) is 0 Å². The molecule has 0 bridgehead atoms. The number of benzene rings is 1. The minimum Gasteiger partial charge on any atom is -0.361 e. The Hall–Kier alpha value is -1.81. The standard InChI is InChI=1S/C15H21N3O/c1-18(2)10-4-3-8-17-15(19)13-5-6-14-12(11-13)7-9-16-14/h5-7,9,11,16H,3-4,8,10H2,1-2H3,(H,17,19). The van der Waals surface area contributed by atoms with E-state index in [1.165, 1.54) is 0 Å². The minimum absolute atomic E-state index is 0.00736. The molecule has 2 rings (SSSR count). The average molecular weight is 259 g/mol. The molecule has 0 fully saturated rings. The predicted molar refractivity (Wildman–Crippen MR) is 78.4 cm³/mol. The third-order valence-electron chi connectivity index (χ3n) is 3.13. The van der Waals surface area contributed by atoms with E-state index in [4.69, 9.17) is 0 Å². The molecule has 0 saturated carbocycles. The highest BCUT2D eigenvalue weighted by Crippen LogP contribution is 2.14. The molecule has 0 aliphatic carbocycles. The third kappa shape index (κ3) is 3.83. The van der Waals surface area contributed by atoms with Gasteiger partial charge in [0.1, 0.15) is 0 Å². The summed E-state index contributed by atoms with van der Waals surface area (Å²) in [4.78, 5) is 17.2. The van der Waals surface area contributed by atoms with Gasteiger partial charge in [-0.15, -0.1) is 0 Å². The maximum absolute atomic E-state index is 12.0. The SMILES string of the molecule is CN(C)CCCCNC(=O)c1ccc2[nH]ccc2c1. The minimum atomic E-state index is 0.00736. The van der Waals surface area contributed by atoms with Crippen LogP contribution in [0.15, 0.2) is 30.5 Å². The molecule has 0 unspecified atom stereocenters. The van der Waals surface area contributed by atoms with Gasteiger partial charge in [0.05, 0.1) is 0 Å². The Morgan fingerprint density at radius 3 is 2.89 bits per heavy atom. The Labute approximate surface area is 113 Å². The number of nitrogens with zero attached hydrogens (tertiary/aromatic N) is 1. The number of hydrogen-bond donors (Lipinski definition) is 2. The average Bonchev–Trinajstić information content (AvgIpc) is 2.84. The number of aromatic nitrogens is 1. The maximum atomic E-state index is 12.0. The zero-order valence-electron chi connectivity index (χ0n) is 11.6. The van der Waals surface area contributed by atoms with Gasteiger partial charge < -0.3 is 15.2 Å². The Morgan fingerprint density at radius 2 is 2.11 bits per heavy atom. The van der Waals surface area contributed by atoms with Gasteiger partial charge in [-0.1, -0.05) is 0 Å². The largest absolute Gasteiger partial charge is 0.361 e. The van der Waals surface area contributed by atoms with Crippen LogP contribution in [-0.4, -0.2) is 43.0 Å². The highest BCUT2D eigenvalue weighted by atomic mass is 16.1. The lowest BCUT2D eigenvalue weighted by molar-refractivity contribution is 0.0953. The normalized spacial score (nSPS) is 11.1. The molecule has 1 aromatic heterocycles. The van der Waals surface area contributed by atoms with Gasteiger partial charge in [0, 0.05) is 29.2 Å².